The molecule has 1 unspecified atom stereocenters. The minimum Gasteiger partial charge on any atom is -0.452 e. The second kappa shape index (κ2) is 10.3. The Labute approximate surface area is 199 Å². The van der Waals surface area contributed by atoms with E-state index in [1.807, 2.05) is 4.90 Å². The number of nitro groups is 1. The first-order valence-corrected chi connectivity index (χ1v) is 11.5. The van der Waals surface area contributed by atoms with E-state index in [0.717, 1.165) is 0 Å². The molecule has 3 aromatic rings. The molecule has 1 saturated heterocycles. The Bertz CT molecular complexity index is 1180. The fourth-order valence-corrected chi connectivity index (χ4v) is 4.27. The predicted molar refractivity (Wildman–Crippen MR) is 125 cm³/mol. The second-order valence-corrected chi connectivity index (χ2v) is 8.58. The lowest BCUT2D eigenvalue weighted by Crippen LogP contribution is -2.39. The highest BCUT2D eigenvalue weighted by molar-refractivity contribution is 7.14. The van der Waals surface area contributed by atoms with Crippen LogP contribution in [0.25, 0.3) is 11.3 Å². The van der Waals surface area contributed by atoms with Gasteiger partial charge in [-0.3, -0.25) is 25.0 Å². The molecule has 3 heterocycles. The normalized spacial score (nSPS) is 14.9. The number of nitrogens with one attached hydrogen (secondary N) is 1. The average molecular weight is 483 g/mol. The molecule has 0 saturated carbocycles. The number of benzene rings is 1. The van der Waals surface area contributed by atoms with Crippen molar-refractivity contribution in [1.82, 2.24) is 15.0 Å². The van der Waals surface area contributed by atoms with Crippen LogP contribution in [0.1, 0.15) is 19.8 Å². The molecule has 0 aliphatic carbocycles. The van der Waals surface area contributed by atoms with Crippen molar-refractivity contribution in [2.24, 2.45) is 5.92 Å². The first-order valence-electron chi connectivity index (χ1n) is 10.6. The van der Waals surface area contributed by atoms with Crippen LogP contribution < -0.4 is 10.2 Å². The lowest BCUT2D eigenvalue weighted by atomic mass is 9.97. The summed E-state index contributed by atoms with van der Waals surface area (Å²) in [5.74, 6) is -0.568. The zero-order valence-corrected chi connectivity index (χ0v) is 19.1. The van der Waals surface area contributed by atoms with Crippen LogP contribution in [-0.2, 0) is 14.3 Å². The van der Waals surface area contributed by atoms with Crippen LogP contribution in [0.4, 0.5) is 16.8 Å². The minimum absolute atomic E-state index is 0.0428. The van der Waals surface area contributed by atoms with E-state index < -0.39 is 22.9 Å². The van der Waals surface area contributed by atoms with Gasteiger partial charge in [0, 0.05) is 48.6 Å². The Morgan fingerprint density at radius 2 is 1.97 bits per heavy atom. The van der Waals surface area contributed by atoms with Gasteiger partial charge in [0.2, 0.25) is 5.95 Å². The number of rotatable bonds is 7. The van der Waals surface area contributed by atoms with Gasteiger partial charge in [0.1, 0.15) is 0 Å². The number of hydrogen-bond donors (Lipinski definition) is 1. The Morgan fingerprint density at radius 1 is 1.24 bits per heavy atom. The molecule has 1 aliphatic rings. The number of nitrogens with zero attached hydrogens (tertiary/aromatic N) is 5. The molecule has 1 N–H and O–H groups in total. The number of carbonyl (C=O) groups excluding carboxylic acids is 2. The fourth-order valence-electron chi connectivity index (χ4n) is 3.54. The van der Waals surface area contributed by atoms with Crippen molar-refractivity contribution in [3.63, 3.8) is 0 Å². The highest BCUT2D eigenvalue weighted by Gasteiger charge is 2.29. The second-order valence-electron chi connectivity index (χ2n) is 7.72. The van der Waals surface area contributed by atoms with E-state index in [4.69, 9.17) is 4.74 Å². The Balaban J connectivity index is 1.28. The summed E-state index contributed by atoms with van der Waals surface area (Å²) in [6, 6.07) is 7.84. The first kappa shape index (κ1) is 23.2. The highest BCUT2D eigenvalue weighted by Crippen LogP contribution is 2.28. The van der Waals surface area contributed by atoms with Crippen molar-refractivity contribution in [3.05, 3.63) is 58.2 Å². The van der Waals surface area contributed by atoms with Gasteiger partial charge in [-0.1, -0.05) is 12.1 Å². The van der Waals surface area contributed by atoms with Crippen molar-refractivity contribution in [2.75, 3.05) is 23.3 Å². The molecule has 34 heavy (non-hydrogen) atoms. The summed E-state index contributed by atoms with van der Waals surface area (Å²) in [6.07, 6.45) is 3.54. The number of amides is 1. The van der Waals surface area contributed by atoms with E-state index in [1.165, 1.54) is 30.4 Å². The smallest absolute Gasteiger partial charge is 0.309 e. The average Bonchev–Trinajstić information content (AvgIpc) is 3.33. The summed E-state index contributed by atoms with van der Waals surface area (Å²) in [7, 11) is 0. The monoisotopic (exact) mass is 482 g/mol. The molecular formula is C22H22N6O5S. The Morgan fingerprint density at radius 3 is 2.68 bits per heavy atom. The molecule has 2 aromatic heterocycles. The van der Waals surface area contributed by atoms with Gasteiger partial charge < -0.3 is 9.64 Å². The number of non-ortho nitro benzene ring substituents is 1. The topological polar surface area (TPSA) is 140 Å². The van der Waals surface area contributed by atoms with Crippen LogP contribution in [0.2, 0.25) is 0 Å². The van der Waals surface area contributed by atoms with Crippen LogP contribution in [0.3, 0.4) is 0 Å². The first-order chi connectivity index (χ1) is 16.4. The number of ether oxygens (including phenoxy) is 1. The molecule has 1 fully saturated rings. The van der Waals surface area contributed by atoms with Crippen molar-refractivity contribution >= 4 is 40.0 Å². The predicted octanol–water partition coefficient (Wildman–Crippen LogP) is 3.30. The van der Waals surface area contributed by atoms with E-state index in [1.54, 1.807) is 36.0 Å². The number of thiazole rings is 1. The molecule has 4 rings (SSSR count). The minimum atomic E-state index is -0.992. The van der Waals surface area contributed by atoms with E-state index in [0.29, 0.717) is 48.3 Å². The molecule has 0 radical (unpaired) electrons. The van der Waals surface area contributed by atoms with Gasteiger partial charge in [-0.25, -0.2) is 15.0 Å². The zero-order chi connectivity index (χ0) is 24.1. The maximum atomic E-state index is 12.6. The number of aromatic nitrogens is 3. The summed E-state index contributed by atoms with van der Waals surface area (Å²) in [6.45, 7) is 2.77. The standard InChI is InChI=1S/C22H22N6O5S/c1-14(33-20(30)15-6-10-27(11-7-15)21-23-8-3-9-24-21)19(29)26-22-25-18(13-34-22)16-4-2-5-17(12-16)28(31)32/h2-5,8-9,12-15H,6-7,10-11H2,1H3,(H,25,26,29). The number of esters is 1. The molecule has 0 spiro atoms. The number of anilines is 2. The molecular weight excluding hydrogens is 460 g/mol. The maximum Gasteiger partial charge on any atom is 0.309 e. The summed E-state index contributed by atoms with van der Waals surface area (Å²) in [5, 5.41) is 15.6. The molecule has 0 bridgehead atoms. The van der Waals surface area contributed by atoms with Gasteiger partial charge in [0.15, 0.2) is 11.2 Å². The van der Waals surface area contributed by atoms with Gasteiger partial charge in [-0.2, -0.15) is 0 Å². The molecule has 1 aromatic carbocycles. The van der Waals surface area contributed by atoms with Gasteiger partial charge in [-0.15, -0.1) is 11.3 Å². The molecule has 12 heteroatoms. The van der Waals surface area contributed by atoms with Gasteiger partial charge >= 0.3 is 5.97 Å². The molecule has 11 nitrogen and oxygen atoms in total. The van der Waals surface area contributed by atoms with Crippen molar-refractivity contribution in [2.45, 2.75) is 25.9 Å². The number of carbonyl (C=O) groups is 2. The molecule has 1 atom stereocenters. The quantitative estimate of drug-likeness (QED) is 0.305. The Hall–Kier alpha value is -3.93. The van der Waals surface area contributed by atoms with Gasteiger partial charge in [-0.05, 0) is 25.8 Å². The Kier molecular flexibility index (Phi) is 7.07. The van der Waals surface area contributed by atoms with E-state index >= 15 is 0 Å². The molecule has 1 aliphatic heterocycles. The zero-order valence-electron chi connectivity index (χ0n) is 18.3. The highest BCUT2D eigenvalue weighted by atomic mass is 32.1. The lowest BCUT2D eigenvalue weighted by molar-refractivity contribution is -0.384. The van der Waals surface area contributed by atoms with E-state index in [9.17, 15) is 19.7 Å². The van der Waals surface area contributed by atoms with Crippen molar-refractivity contribution in [3.8, 4) is 11.3 Å². The van der Waals surface area contributed by atoms with Gasteiger partial charge in [0.05, 0.1) is 16.5 Å². The summed E-state index contributed by atoms with van der Waals surface area (Å²) in [5.41, 5.74) is 1.03. The molecule has 176 valence electrons. The van der Waals surface area contributed by atoms with Crippen molar-refractivity contribution < 1.29 is 19.2 Å². The van der Waals surface area contributed by atoms with E-state index in [2.05, 4.69) is 20.3 Å². The summed E-state index contributed by atoms with van der Waals surface area (Å²) in [4.78, 5) is 50.4. The molecule has 1 amide bonds. The van der Waals surface area contributed by atoms with Crippen LogP contribution in [0, 0.1) is 16.0 Å². The summed E-state index contributed by atoms with van der Waals surface area (Å²) < 4.78 is 5.40. The van der Waals surface area contributed by atoms with Gasteiger partial charge in [0.25, 0.3) is 11.6 Å². The van der Waals surface area contributed by atoms with Crippen LogP contribution in [0.15, 0.2) is 48.1 Å². The number of nitro benzene ring substituents is 1. The van der Waals surface area contributed by atoms with Crippen LogP contribution >= 0.6 is 11.3 Å². The largest absolute Gasteiger partial charge is 0.452 e. The van der Waals surface area contributed by atoms with Crippen LogP contribution in [-0.4, -0.2) is 50.9 Å². The SMILES string of the molecule is CC(OC(=O)C1CCN(c2ncccn2)CC1)C(=O)Nc1nc(-c2cccc([N+](=O)[O-])c2)cs1. The third-order valence-electron chi connectivity index (χ3n) is 5.41. The third kappa shape index (κ3) is 5.52. The maximum absolute atomic E-state index is 12.6. The van der Waals surface area contributed by atoms with Crippen molar-refractivity contribution in [1.29, 1.82) is 0 Å². The fraction of sp³-hybridized carbons (Fsp3) is 0.318. The van der Waals surface area contributed by atoms with Crippen LogP contribution in [0.5, 0.6) is 0 Å². The number of hydrogen-bond acceptors (Lipinski definition) is 10. The third-order valence-corrected chi connectivity index (χ3v) is 6.17. The lowest BCUT2D eigenvalue weighted by Gasteiger charge is -2.31. The summed E-state index contributed by atoms with van der Waals surface area (Å²) >= 11 is 1.18. The number of piperidine rings is 1. The van der Waals surface area contributed by atoms with E-state index in [-0.39, 0.29) is 11.6 Å².